The number of alkyl halides is 1. The van der Waals surface area contributed by atoms with E-state index in [1.165, 1.54) is 11.1 Å². The SMILES string of the molecule is CC(C)(C)OC(=O)N1CCN(c2ccc(Oc3c(Cl)cnc(N)c3[N+](=O)[O-])cc2)C[C@@H]1CF. The van der Waals surface area contributed by atoms with Crippen molar-refractivity contribution in [1.82, 2.24) is 9.88 Å². The number of rotatable bonds is 5. The van der Waals surface area contributed by atoms with E-state index < -0.39 is 35.0 Å². The summed E-state index contributed by atoms with van der Waals surface area (Å²) in [4.78, 5) is 30.1. The molecular formula is C21H25ClFN5O5. The summed E-state index contributed by atoms with van der Waals surface area (Å²) in [7, 11) is 0. The third-order valence-corrected chi connectivity index (χ3v) is 5.15. The Labute approximate surface area is 195 Å². The van der Waals surface area contributed by atoms with Gasteiger partial charge in [0.2, 0.25) is 11.6 Å². The zero-order chi connectivity index (χ0) is 24.3. The molecule has 1 saturated heterocycles. The first kappa shape index (κ1) is 24.3. The minimum atomic E-state index is -0.709. The van der Waals surface area contributed by atoms with E-state index in [2.05, 4.69) is 4.98 Å². The number of nitrogen functional groups attached to an aromatic ring is 1. The molecule has 33 heavy (non-hydrogen) atoms. The number of aromatic nitrogens is 1. The molecule has 2 aromatic rings. The van der Waals surface area contributed by atoms with E-state index in [1.807, 2.05) is 4.90 Å². The van der Waals surface area contributed by atoms with Gasteiger partial charge in [-0.05, 0) is 45.0 Å². The van der Waals surface area contributed by atoms with E-state index in [0.717, 1.165) is 5.69 Å². The molecule has 1 atom stereocenters. The Morgan fingerprint density at radius 2 is 2.00 bits per heavy atom. The number of nitrogens with two attached hydrogens (primary N) is 1. The molecule has 1 aromatic heterocycles. The first-order valence-corrected chi connectivity index (χ1v) is 10.5. The molecule has 1 fully saturated rings. The van der Waals surface area contributed by atoms with Gasteiger partial charge in [-0.3, -0.25) is 15.0 Å². The molecule has 12 heteroatoms. The molecule has 1 amide bonds. The largest absolute Gasteiger partial charge is 0.448 e. The number of pyridine rings is 1. The maximum atomic E-state index is 13.7. The molecule has 0 radical (unpaired) electrons. The number of carbonyl (C=O) groups is 1. The van der Waals surface area contributed by atoms with E-state index in [4.69, 9.17) is 26.8 Å². The molecule has 10 nitrogen and oxygen atoms in total. The number of nitro groups is 1. The van der Waals surface area contributed by atoms with Gasteiger partial charge in [-0.1, -0.05) is 11.6 Å². The third kappa shape index (κ3) is 5.72. The minimum absolute atomic E-state index is 0.0518. The number of benzene rings is 1. The van der Waals surface area contributed by atoms with Crippen LogP contribution in [-0.4, -0.2) is 58.9 Å². The van der Waals surface area contributed by atoms with E-state index in [-0.39, 0.29) is 23.1 Å². The number of carbonyl (C=O) groups excluding carboxylic acids is 1. The Hall–Kier alpha value is -3.34. The Kier molecular flexibility index (Phi) is 7.11. The van der Waals surface area contributed by atoms with Crippen LogP contribution in [0.3, 0.4) is 0 Å². The van der Waals surface area contributed by atoms with E-state index in [0.29, 0.717) is 18.8 Å². The van der Waals surface area contributed by atoms with Crippen molar-refractivity contribution in [3.8, 4) is 11.5 Å². The van der Waals surface area contributed by atoms with Gasteiger partial charge in [0.05, 0.1) is 17.2 Å². The number of hydrogen-bond donors (Lipinski definition) is 1. The van der Waals surface area contributed by atoms with Gasteiger partial charge in [0, 0.05) is 25.3 Å². The maximum absolute atomic E-state index is 13.7. The summed E-state index contributed by atoms with van der Waals surface area (Å²) in [5.74, 6) is -0.217. The second kappa shape index (κ2) is 9.65. The van der Waals surface area contributed by atoms with Gasteiger partial charge in [-0.15, -0.1) is 0 Å². The standard InChI is InChI=1S/C21H25ClFN5O5/c1-21(2,3)33-20(29)27-9-8-26(12-14(27)10-23)13-4-6-15(7-5-13)32-18-16(22)11-25-19(24)17(18)28(30)31/h4-7,11,14H,8-10,12H2,1-3H3,(H2,24,25)/t14-/m0/s1. The highest BCUT2D eigenvalue weighted by molar-refractivity contribution is 6.32. The number of amides is 1. The maximum Gasteiger partial charge on any atom is 0.410 e. The molecule has 0 unspecified atom stereocenters. The van der Waals surface area contributed by atoms with Crippen LogP contribution in [0.15, 0.2) is 30.5 Å². The third-order valence-electron chi connectivity index (χ3n) is 4.88. The lowest BCUT2D eigenvalue weighted by molar-refractivity contribution is -0.384. The molecule has 0 spiro atoms. The Morgan fingerprint density at radius 1 is 1.33 bits per heavy atom. The average Bonchev–Trinajstić information content (AvgIpc) is 2.75. The number of piperazine rings is 1. The van der Waals surface area contributed by atoms with Gasteiger partial charge in [-0.25, -0.2) is 14.2 Å². The first-order valence-electron chi connectivity index (χ1n) is 10.2. The summed E-state index contributed by atoms with van der Waals surface area (Å²) in [6.45, 7) is 5.65. The first-order chi connectivity index (χ1) is 15.5. The summed E-state index contributed by atoms with van der Waals surface area (Å²) >= 11 is 6.03. The van der Waals surface area contributed by atoms with Crippen molar-refractivity contribution in [2.75, 3.05) is 36.9 Å². The molecule has 0 saturated carbocycles. The smallest absolute Gasteiger partial charge is 0.410 e. The van der Waals surface area contributed by atoms with Gasteiger partial charge >= 0.3 is 11.8 Å². The molecule has 178 valence electrons. The van der Waals surface area contributed by atoms with E-state index >= 15 is 0 Å². The molecule has 1 aliphatic rings. The van der Waals surface area contributed by atoms with Gasteiger partial charge in [0.15, 0.2) is 0 Å². The molecule has 0 aliphatic carbocycles. The topological polar surface area (TPSA) is 124 Å². The van der Waals surface area contributed by atoms with E-state index in [9.17, 15) is 19.3 Å². The fraction of sp³-hybridized carbons (Fsp3) is 0.429. The zero-order valence-electron chi connectivity index (χ0n) is 18.5. The predicted octanol–water partition coefficient (Wildman–Crippen LogP) is 4.41. The van der Waals surface area contributed by atoms with Gasteiger partial charge in [0.25, 0.3) is 0 Å². The average molecular weight is 482 g/mol. The van der Waals surface area contributed by atoms with Crippen LogP contribution >= 0.6 is 11.6 Å². The van der Waals surface area contributed by atoms with Crippen molar-refractivity contribution in [2.45, 2.75) is 32.4 Å². The number of halogens is 2. The second-order valence-corrected chi connectivity index (χ2v) is 8.86. The van der Waals surface area contributed by atoms with Crippen molar-refractivity contribution in [1.29, 1.82) is 0 Å². The fourth-order valence-corrected chi connectivity index (χ4v) is 3.55. The summed E-state index contributed by atoms with van der Waals surface area (Å²) in [5, 5.41) is 11.3. The molecule has 2 N–H and O–H groups in total. The predicted molar refractivity (Wildman–Crippen MR) is 122 cm³/mol. The molecule has 3 rings (SSSR count). The van der Waals surface area contributed by atoms with Crippen LogP contribution in [0.2, 0.25) is 5.02 Å². The molecule has 1 aromatic carbocycles. The monoisotopic (exact) mass is 481 g/mol. The Balaban J connectivity index is 1.72. The van der Waals surface area contributed by atoms with Crippen molar-refractivity contribution >= 4 is 34.9 Å². The fourth-order valence-electron chi connectivity index (χ4n) is 3.37. The highest BCUT2D eigenvalue weighted by Gasteiger charge is 2.33. The molecule has 0 bridgehead atoms. The Morgan fingerprint density at radius 3 is 2.58 bits per heavy atom. The molecule has 1 aliphatic heterocycles. The van der Waals surface area contributed by atoms with Crippen molar-refractivity contribution in [2.24, 2.45) is 0 Å². The summed E-state index contributed by atoms with van der Waals surface area (Å²) in [6.07, 6.45) is 0.637. The van der Waals surface area contributed by atoms with Crippen LogP contribution in [0, 0.1) is 10.1 Å². The zero-order valence-corrected chi connectivity index (χ0v) is 19.2. The number of hydrogen-bond acceptors (Lipinski definition) is 8. The van der Waals surface area contributed by atoms with Crippen LogP contribution < -0.4 is 15.4 Å². The Bertz CT molecular complexity index is 1030. The lowest BCUT2D eigenvalue weighted by Crippen LogP contribution is -2.57. The van der Waals surface area contributed by atoms with Crippen molar-refractivity contribution < 1.29 is 23.6 Å². The van der Waals surface area contributed by atoms with Gasteiger partial charge in [0.1, 0.15) is 23.0 Å². The van der Waals surface area contributed by atoms with E-state index in [1.54, 1.807) is 45.0 Å². The number of nitrogens with zero attached hydrogens (tertiary/aromatic N) is 4. The molecular weight excluding hydrogens is 457 g/mol. The highest BCUT2D eigenvalue weighted by atomic mass is 35.5. The summed E-state index contributed by atoms with van der Waals surface area (Å²) in [5.41, 5.74) is 5.19. The van der Waals surface area contributed by atoms with Crippen LogP contribution in [-0.2, 0) is 4.74 Å². The minimum Gasteiger partial charge on any atom is -0.448 e. The van der Waals surface area contributed by atoms with Crippen LogP contribution in [0.5, 0.6) is 11.5 Å². The van der Waals surface area contributed by atoms with Gasteiger partial charge < -0.3 is 20.1 Å². The van der Waals surface area contributed by atoms with Crippen molar-refractivity contribution in [3.63, 3.8) is 0 Å². The summed E-state index contributed by atoms with van der Waals surface area (Å²) < 4.78 is 24.7. The van der Waals surface area contributed by atoms with Crippen LogP contribution in [0.25, 0.3) is 0 Å². The lowest BCUT2D eigenvalue weighted by Gasteiger charge is -2.41. The van der Waals surface area contributed by atoms with Crippen molar-refractivity contribution in [3.05, 3.63) is 45.6 Å². The highest BCUT2D eigenvalue weighted by Crippen LogP contribution is 2.40. The number of anilines is 2. The second-order valence-electron chi connectivity index (χ2n) is 8.45. The quantitative estimate of drug-likeness (QED) is 0.491. The molecule has 2 heterocycles. The van der Waals surface area contributed by atoms with Gasteiger partial charge in [-0.2, -0.15) is 0 Å². The normalized spacial score (nSPS) is 16.5. The van der Waals surface area contributed by atoms with Crippen LogP contribution in [0.1, 0.15) is 20.8 Å². The van der Waals surface area contributed by atoms with Crippen LogP contribution in [0.4, 0.5) is 26.4 Å². The summed E-state index contributed by atoms with van der Waals surface area (Å²) in [6, 6.07) is 6.04. The lowest BCUT2D eigenvalue weighted by atomic mass is 10.1. The number of ether oxygens (including phenoxy) is 2.